The first-order valence-electron chi connectivity index (χ1n) is 5.57. The first kappa shape index (κ1) is 11.1. The van der Waals surface area contributed by atoms with Crippen LogP contribution in [0, 0.1) is 0 Å². The fraction of sp³-hybridized carbons (Fsp3) is 0.308. The molecule has 2 aromatic rings. The smallest absolute Gasteiger partial charge is 0.130 e. The number of benzene rings is 1. The highest BCUT2D eigenvalue weighted by Gasteiger charge is 2.26. The van der Waals surface area contributed by atoms with Crippen molar-refractivity contribution in [2.45, 2.75) is 18.8 Å². The number of thiazole rings is 1. The zero-order chi connectivity index (χ0) is 11.8. The highest BCUT2D eigenvalue weighted by atomic mass is 35.5. The summed E-state index contributed by atoms with van der Waals surface area (Å²) in [6.45, 7) is 0. The van der Waals surface area contributed by atoms with Gasteiger partial charge >= 0.3 is 0 Å². The summed E-state index contributed by atoms with van der Waals surface area (Å²) in [7, 11) is 1.66. The molecular weight excluding hydrogens is 254 g/mol. The molecule has 0 amide bonds. The molecule has 1 fully saturated rings. The number of rotatable bonds is 3. The first-order chi connectivity index (χ1) is 8.28. The lowest BCUT2D eigenvalue weighted by Crippen LogP contribution is -1.88. The van der Waals surface area contributed by atoms with Crippen LogP contribution in [0.25, 0.3) is 10.6 Å². The first-order valence-corrected chi connectivity index (χ1v) is 6.83. The van der Waals surface area contributed by atoms with E-state index >= 15 is 0 Å². The second-order valence-electron chi connectivity index (χ2n) is 4.20. The van der Waals surface area contributed by atoms with Gasteiger partial charge < -0.3 is 4.74 Å². The van der Waals surface area contributed by atoms with E-state index in [1.165, 1.54) is 18.5 Å². The van der Waals surface area contributed by atoms with Crippen LogP contribution in [0.4, 0.5) is 0 Å². The molecule has 0 bridgehead atoms. The Bertz CT molecular complexity index is 548. The van der Waals surface area contributed by atoms with Crippen LogP contribution >= 0.6 is 22.9 Å². The number of hydrogen-bond donors (Lipinski definition) is 0. The summed E-state index contributed by atoms with van der Waals surface area (Å²) in [5, 5.41) is 3.85. The maximum absolute atomic E-state index is 5.95. The van der Waals surface area contributed by atoms with E-state index in [2.05, 4.69) is 10.4 Å². The Kier molecular flexibility index (Phi) is 2.81. The zero-order valence-corrected chi connectivity index (χ0v) is 11.0. The summed E-state index contributed by atoms with van der Waals surface area (Å²) in [4.78, 5) is 4.68. The van der Waals surface area contributed by atoms with E-state index < -0.39 is 0 Å². The summed E-state index contributed by atoms with van der Waals surface area (Å²) in [6.07, 6.45) is 2.56. The van der Waals surface area contributed by atoms with Crippen LogP contribution in [0.2, 0.25) is 5.02 Å². The van der Waals surface area contributed by atoms with Crippen LogP contribution in [-0.4, -0.2) is 12.1 Å². The number of nitrogens with zero attached hydrogens (tertiary/aromatic N) is 1. The molecule has 88 valence electrons. The van der Waals surface area contributed by atoms with E-state index in [9.17, 15) is 0 Å². The molecule has 4 heteroatoms. The van der Waals surface area contributed by atoms with Crippen molar-refractivity contribution in [1.29, 1.82) is 0 Å². The molecule has 1 aromatic heterocycles. The zero-order valence-electron chi connectivity index (χ0n) is 9.44. The lowest BCUT2D eigenvalue weighted by atomic mass is 10.2. The SMILES string of the molecule is COc1cc(Cl)ccc1-c1nc(C2CC2)cs1. The molecule has 0 spiro atoms. The number of ether oxygens (including phenoxy) is 1. The second-order valence-corrected chi connectivity index (χ2v) is 5.49. The van der Waals surface area contributed by atoms with Gasteiger partial charge in [0.05, 0.1) is 18.4 Å². The molecule has 1 saturated carbocycles. The van der Waals surface area contributed by atoms with E-state index in [0.29, 0.717) is 10.9 Å². The molecule has 0 aliphatic heterocycles. The van der Waals surface area contributed by atoms with E-state index in [0.717, 1.165) is 16.3 Å². The van der Waals surface area contributed by atoms with E-state index in [1.54, 1.807) is 18.4 Å². The summed E-state index contributed by atoms with van der Waals surface area (Å²) in [5.41, 5.74) is 2.25. The van der Waals surface area contributed by atoms with Crippen LogP contribution in [0.5, 0.6) is 5.75 Å². The normalized spacial score (nSPS) is 14.9. The monoisotopic (exact) mass is 265 g/mol. The van der Waals surface area contributed by atoms with Gasteiger partial charge in [-0.25, -0.2) is 4.98 Å². The van der Waals surface area contributed by atoms with Gasteiger partial charge in [0.1, 0.15) is 10.8 Å². The number of hydrogen-bond acceptors (Lipinski definition) is 3. The molecule has 0 radical (unpaired) electrons. The average molecular weight is 266 g/mol. The molecule has 1 heterocycles. The quantitative estimate of drug-likeness (QED) is 0.823. The lowest BCUT2D eigenvalue weighted by Gasteiger charge is -2.05. The van der Waals surface area contributed by atoms with Gasteiger partial charge in [-0.2, -0.15) is 0 Å². The molecule has 1 aliphatic rings. The molecule has 0 atom stereocenters. The minimum Gasteiger partial charge on any atom is -0.496 e. The van der Waals surface area contributed by atoms with Gasteiger partial charge in [0.15, 0.2) is 0 Å². The standard InChI is InChI=1S/C13H12ClNOS/c1-16-12-6-9(14)4-5-10(12)13-15-11(7-17-13)8-2-3-8/h4-8H,2-3H2,1H3. The largest absolute Gasteiger partial charge is 0.496 e. The molecule has 0 saturated heterocycles. The molecule has 1 aliphatic carbocycles. The highest BCUT2D eigenvalue weighted by Crippen LogP contribution is 2.42. The summed E-state index contributed by atoms with van der Waals surface area (Å²) in [5.74, 6) is 1.48. The topological polar surface area (TPSA) is 22.1 Å². The molecular formula is C13H12ClNOS. The van der Waals surface area contributed by atoms with Crippen molar-refractivity contribution < 1.29 is 4.74 Å². The third-order valence-corrected chi connectivity index (χ3v) is 4.04. The number of aromatic nitrogens is 1. The maximum Gasteiger partial charge on any atom is 0.130 e. The van der Waals surface area contributed by atoms with E-state index in [-0.39, 0.29) is 0 Å². The predicted octanol–water partition coefficient (Wildman–Crippen LogP) is 4.35. The average Bonchev–Trinajstić information content (AvgIpc) is 3.08. The van der Waals surface area contributed by atoms with Crippen LogP contribution in [0.1, 0.15) is 24.5 Å². The van der Waals surface area contributed by atoms with Crippen molar-refractivity contribution in [3.8, 4) is 16.3 Å². The Labute approximate surface area is 109 Å². The van der Waals surface area contributed by atoms with Gasteiger partial charge in [0.25, 0.3) is 0 Å². The Balaban J connectivity index is 2.01. The number of methoxy groups -OCH3 is 1. The third kappa shape index (κ3) is 2.17. The molecule has 1 aromatic carbocycles. The van der Waals surface area contributed by atoms with Crippen LogP contribution in [-0.2, 0) is 0 Å². The molecule has 2 nitrogen and oxygen atoms in total. The second kappa shape index (κ2) is 4.31. The Morgan fingerprint density at radius 1 is 1.41 bits per heavy atom. The minimum atomic E-state index is 0.685. The minimum absolute atomic E-state index is 0.685. The van der Waals surface area contributed by atoms with Crippen molar-refractivity contribution in [3.05, 3.63) is 34.3 Å². The van der Waals surface area contributed by atoms with Crippen molar-refractivity contribution in [2.75, 3.05) is 7.11 Å². The van der Waals surface area contributed by atoms with Gasteiger partial charge in [-0.05, 0) is 31.0 Å². The van der Waals surface area contributed by atoms with E-state index in [4.69, 9.17) is 16.3 Å². The summed E-state index contributed by atoms with van der Waals surface area (Å²) < 4.78 is 5.35. The fourth-order valence-electron chi connectivity index (χ4n) is 1.82. The molecule has 0 unspecified atom stereocenters. The summed E-state index contributed by atoms with van der Waals surface area (Å²) >= 11 is 7.62. The third-order valence-electron chi connectivity index (χ3n) is 2.91. The van der Waals surface area contributed by atoms with Crippen molar-refractivity contribution in [1.82, 2.24) is 4.98 Å². The molecule has 3 rings (SSSR count). The van der Waals surface area contributed by atoms with Crippen molar-refractivity contribution in [3.63, 3.8) is 0 Å². The summed E-state index contributed by atoms with van der Waals surface area (Å²) in [6, 6.07) is 5.67. The van der Waals surface area contributed by atoms with Crippen LogP contribution in [0.15, 0.2) is 23.6 Å². The lowest BCUT2D eigenvalue weighted by molar-refractivity contribution is 0.416. The fourth-order valence-corrected chi connectivity index (χ4v) is 2.91. The van der Waals surface area contributed by atoms with Gasteiger partial charge in [-0.3, -0.25) is 0 Å². The van der Waals surface area contributed by atoms with Crippen molar-refractivity contribution >= 4 is 22.9 Å². The van der Waals surface area contributed by atoms with Crippen LogP contribution < -0.4 is 4.74 Å². The Hall–Kier alpha value is -1.06. The van der Waals surface area contributed by atoms with Gasteiger partial charge in [0, 0.05) is 16.3 Å². The van der Waals surface area contributed by atoms with Gasteiger partial charge in [-0.15, -0.1) is 11.3 Å². The Morgan fingerprint density at radius 3 is 2.94 bits per heavy atom. The van der Waals surface area contributed by atoms with E-state index in [1.807, 2.05) is 18.2 Å². The number of halogens is 1. The predicted molar refractivity (Wildman–Crippen MR) is 71.1 cm³/mol. The molecule has 17 heavy (non-hydrogen) atoms. The maximum atomic E-state index is 5.95. The van der Waals surface area contributed by atoms with Crippen molar-refractivity contribution in [2.24, 2.45) is 0 Å². The highest BCUT2D eigenvalue weighted by molar-refractivity contribution is 7.13. The van der Waals surface area contributed by atoms with Gasteiger partial charge in [0.2, 0.25) is 0 Å². The van der Waals surface area contributed by atoms with Gasteiger partial charge in [-0.1, -0.05) is 11.6 Å². The Morgan fingerprint density at radius 2 is 2.24 bits per heavy atom. The van der Waals surface area contributed by atoms with Crippen LogP contribution in [0.3, 0.4) is 0 Å². The molecule has 0 N–H and O–H groups in total.